The number of tetrazole rings is 1. The van der Waals surface area contributed by atoms with E-state index in [4.69, 9.17) is 0 Å². The van der Waals surface area contributed by atoms with Gasteiger partial charge in [-0.3, -0.25) is 4.79 Å². The van der Waals surface area contributed by atoms with E-state index in [0.29, 0.717) is 11.7 Å². The highest BCUT2D eigenvalue weighted by atomic mass is 32.2. The van der Waals surface area contributed by atoms with Crippen molar-refractivity contribution in [3.63, 3.8) is 0 Å². The van der Waals surface area contributed by atoms with Gasteiger partial charge in [0.1, 0.15) is 0 Å². The van der Waals surface area contributed by atoms with Crippen LogP contribution in [0.2, 0.25) is 0 Å². The predicted molar refractivity (Wildman–Crippen MR) is 73.2 cm³/mol. The summed E-state index contributed by atoms with van der Waals surface area (Å²) in [5.41, 5.74) is 0.873. The van der Waals surface area contributed by atoms with Gasteiger partial charge in [-0.1, -0.05) is 30.0 Å². The Balaban J connectivity index is 2.15. The third-order valence-corrected chi connectivity index (χ3v) is 3.48. The van der Waals surface area contributed by atoms with Crippen LogP contribution in [0.1, 0.15) is 13.8 Å². The molecule has 1 aromatic heterocycles. The molecule has 2 rings (SSSR count). The second kappa shape index (κ2) is 6.33. The Labute approximate surface area is 115 Å². The van der Waals surface area contributed by atoms with Crippen molar-refractivity contribution in [3.8, 4) is 5.69 Å². The number of benzene rings is 1. The summed E-state index contributed by atoms with van der Waals surface area (Å²) in [7, 11) is 0. The first-order valence-electron chi connectivity index (χ1n) is 6.00. The Morgan fingerprint density at radius 2 is 2.16 bits per heavy atom. The van der Waals surface area contributed by atoms with E-state index in [1.54, 1.807) is 4.68 Å². The van der Waals surface area contributed by atoms with Gasteiger partial charge in [-0.05, 0) is 36.4 Å². The molecule has 0 fully saturated rings. The zero-order valence-electron chi connectivity index (χ0n) is 10.8. The van der Waals surface area contributed by atoms with E-state index < -0.39 is 0 Å². The molecule has 0 aliphatic rings. The van der Waals surface area contributed by atoms with Crippen LogP contribution in [-0.4, -0.2) is 37.9 Å². The van der Waals surface area contributed by atoms with Crippen molar-refractivity contribution in [2.24, 2.45) is 0 Å². The lowest BCUT2D eigenvalue weighted by Crippen LogP contribution is -2.30. The highest BCUT2D eigenvalue weighted by molar-refractivity contribution is 8.00. The Kier molecular flexibility index (Phi) is 4.51. The molecule has 1 N–H and O–H groups in total. The molecular formula is C12H15N5OS. The number of hydrogen-bond donors (Lipinski definition) is 1. The number of para-hydroxylation sites is 1. The van der Waals surface area contributed by atoms with Crippen molar-refractivity contribution in [3.05, 3.63) is 30.3 Å². The molecule has 0 radical (unpaired) electrons. The SMILES string of the molecule is CCNC(=O)[C@H](C)Sc1nnnn1-c1ccccc1. The first kappa shape index (κ1) is 13.5. The quantitative estimate of drug-likeness (QED) is 0.833. The van der Waals surface area contributed by atoms with E-state index in [1.807, 2.05) is 44.2 Å². The van der Waals surface area contributed by atoms with Crippen LogP contribution in [0, 0.1) is 0 Å². The van der Waals surface area contributed by atoms with Crippen LogP contribution >= 0.6 is 11.8 Å². The number of nitrogens with zero attached hydrogens (tertiary/aromatic N) is 4. The van der Waals surface area contributed by atoms with Gasteiger partial charge < -0.3 is 5.32 Å². The molecule has 1 aromatic carbocycles. The molecule has 0 aliphatic carbocycles. The van der Waals surface area contributed by atoms with Crippen LogP contribution in [0.15, 0.2) is 35.5 Å². The second-order valence-electron chi connectivity index (χ2n) is 3.86. The van der Waals surface area contributed by atoms with Crippen LogP contribution in [0.25, 0.3) is 5.69 Å². The molecule has 0 spiro atoms. The fourth-order valence-corrected chi connectivity index (χ4v) is 2.35. The molecule has 7 heteroatoms. The highest BCUT2D eigenvalue weighted by Gasteiger charge is 2.18. The first-order chi connectivity index (χ1) is 9.22. The van der Waals surface area contributed by atoms with Crippen molar-refractivity contribution in [2.75, 3.05) is 6.54 Å². The molecule has 100 valence electrons. The van der Waals surface area contributed by atoms with Crippen molar-refractivity contribution < 1.29 is 4.79 Å². The number of amides is 1. The van der Waals surface area contributed by atoms with E-state index >= 15 is 0 Å². The number of aromatic nitrogens is 4. The van der Waals surface area contributed by atoms with Crippen LogP contribution in [0.4, 0.5) is 0 Å². The Morgan fingerprint density at radius 3 is 2.84 bits per heavy atom. The van der Waals surface area contributed by atoms with E-state index in [-0.39, 0.29) is 11.2 Å². The van der Waals surface area contributed by atoms with E-state index in [1.165, 1.54) is 11.8 Å². The second-order valence-corrected chi connectivity index (χ2v) is 5.17. The Hall–Kier alpha value is -1.89. The summed E-state index contributed by atoms with van der Waals surface area (Å²) in [4.78, 5) is 11.7. The largest absolute Gasteiger partial charge is 0.355 e. The zero-order valence-corrected chi connectivity index (χ0v) is 11.6. The minimum absolute atomic E-state index is 0.0184. The summed E-state index contributed by atoms with van der Waals surface area (Å²) in [6.45, 7) is 4.34. The van der Waals surface area contributed by atoms with Crippen LogP contribution in [0.5, 0.6) is 0 Å². The number of nitrogens with one attached hydrogen (secondary N) is 1. The van der Waals surface area contributed by atoms with Crippen molar-refractivity contribution in [2.45, 2.75) is 24.3 Å². The molecule has 19 heavy (non-hydrogen) atoms. The lowest BCUT2D eigenvalue weighted by Gasteiger charge is -2.10. The maximum atomic E-state index is 11.7. The summed E-state index contributed by atoms with van der Waals surface area (Å²) >= 11 is 1.33. The van der Waals surface area contributed by atoms with E-state index in [9.17, 15) is 4.79 Å². The molecule has 1 atom stereocenters. The molecule has 2 aromatic rings. The standard InChI is InChI=1S/C12H15N5OS/c1-3-13-11(18)9(2)19-12-14-15-16-17(12)10-7-5-4-6-8-10/h4-9H,3H2,1-2H3,(H,13,18)/t9-/m0/s1. The molecule has 6 nitrogen and oxygen atoms in total. The van der Waals surface area contributed by atoms with Crippen LogP contribution < -0.4 is 5.32 Å². The molecule has 1 heterocycles. The Bertz CT molecular complexity index is 542. The molecule has 0 aliphatic heterocycles. The summed E-state index contributed by atoms with van der Waals surface area (Å²) in [6.07, 6.45) is 0. The maximum Gasteiger partial charge on any atom is 0.233 e. The van der Waals surface area contributed by atoms with Gasteiger partial charge in [-0.15, -0.1) is 5.10 Å². The summed E-state index contributed by atoms with van der Waals surface area (Å²) in [5.74, 6) is -0.0184. The normalized spacial score (nSPS) is 12.1. The van der Waals surface area contributed by atoms with Gasteiger partial charge in [0.25, 0.3) is 0 Å². The fraction of sp³-hybridized carbons (Fsp3) is 0.333. The van der Waals surface area contributed by atoms with Crippen molar-refractivity contribution in [1.82, 2.24) is 25.5 Å². The topological polar surface area (TPSA) is 72.7 Å². The zero-order chi connectivity index (χ0) is 13.7. The minimum Gasteiger partial charge on any atom is -0.355 e. The summed E-state index contributed by atoms with van der Waals surface area (Å²) in [6, 6.07) is 9.59. The minimum atomic E-state index is -0.242. The number of carbonyl (C=O) groups is 1. The van der Waals surface area contributed by atoms with Crippen LogP contribution in [-0.2, 0) is 4.79 Å². The smallest absolute Gasteiger partial charge is 0.233 e. The maximum absolute atomic E-state index is 11.7. The monoisotopic (exact) mass is 277 g/mol. The third-order valence-electron chi connectivity index (χ3n) is 2.44. The van der Waals surface area contributed by atoms with Gasteiger partial charge in [0.15, 0.2) is 0 Å². The average molecular weight is 277 g/mol. The van der Waals surface area contributed by atoms with Crippen molar-refractivity contribution >= 4 is 17.7 Å². The predicted octanol–water partition coefficient (Wildman–Crippen LogP) is 1.28. The van der Waals surface area contributed by atoms with Crippen LogP contribution in [0.3, 0.4) is 0 Å². The number of hydrogen-bond acceptors (Lipinski definition) is 5. The van der Waals surface area contributed by atoms with Gasteiger partial charge in [0.2, 0.25) is 11.1 Å². The number of thioether (sulfide) groups is 1. The molecule has 1 amide bonds. The Morgan fingerprint density at radius 1 is 1.42 bits per heavy atom. The molecule has 0 unspecified atom stereocenters. The number of rotatable bonds is 5. The average Bonchev–Trinajstić information content (AvgIpc) is 2.88. The molecule has 0 bridgehead atoms. The van der Waals surface area contributed by atoms with Gasteiger partial charge in [0, 0.05) is 6.54 Å². The van der Waals surface area contributed by atoms with Gasteiger partial charge >= 0.3 is 0 Å². The lowest BCUT2D eigenvalue weighted by molar-refractivity contribution is -0.120. The van der Waals surface area contributed by atoms with E-state index in [0.717, 1.165) is 5.69 Å². The molecule has 0 saturated carbocycles. The van der Waals surface area contributed by atoms with Gasteiger partial charge in [-0.25, -0.2) is 0 Å². The third kappa shape index (κ3) is 3.31. The van der Waals surface area contributed by atoms with Gasteiger partial charge in [-0.2, -0.15) is 4.68 Å². The number of carbonyl (C=O) groups excluding carboxylic acids is 1. The first-order valence-corrected chi connectivity index (χ1v) is 6.88. The van der Waals surface area contributed by atoms with E-state index in [2.05, 4.69) is 20.8 Å². The summed E-state index contributed by atoms with van der Waals surface area (Å²) in [5, 5.41) is 14.7. The molecule has 0 saturated heterocycles. The highest BCUT2D eigenvalue weighted by Crippen LogP contribution is 2.22. The lowest BCUT2D eigenvalue weighted by atomic mass is 10.3. The van der Waals surface area contributed by atoms with Gasteiger partial charge in [0.05, 0.1) is 10.9 Å². The fourth-order valence-electron chi connectivity index (χ4n) is 1.51. The summed E-state index contributed by atoms with van der Waals surface area (Å²) < 4.78 is 1.63. The van der Waals surface area contributed by atoms with Crippen molar-refractivity contribution in [1.29, 1.82) is 0 Å². The molecular weight excluding hydrogens is 262 g/mol.